The van der Waals surface area contributed by atoms with Crippen molar-refractivity contribution < 1.29 is 5.11 Å². The number of hydrogen-bond donors (Lipinski definition) is 1. The number of aryl methyl sites for hydroxylation is 1. The molecule has 0 atom stereocenters. The predicted molar refractivity (Wildman–Crippen MR) is 78.0 cm³/mol. The van der Waals surface area contributed by atoms with Gasteiger partial charge in [0.2, 0.25) is 0 Å². The summed E-state index contributed by atoms with van der Waals surface area (Å²) in [6, 6.07) is 9.20. The molecule has 3 rings (SSSR count). The van der Waals surface area contributed by atoms with Crippen molar-refractivity contribution in [1.82, 2.24) is 14.5 Å². The van der Waals surface area contributed by atoms with Crippen LogP contribution in [0.2, 0.25) is 0 Å². The lowest BCUT2D eigenvalue weighted by Crippen LogP contribution is -1.98. The van der Waals surface area contributed by atoms with E-state index in [9.17, 15) is 5.11 Å². The minimum atomic E-state index is 0.208. The molecule has 0 radical (unpaired) electrons. The van der Waals surface area contributed by atoms with Crippen LogP contribution in [0.4, 0.5) is 0 Å². The molecule has 3 aromatic rings. The third kappa shape index (κ3) is 2.00. The van der Waals surface area contributed by atoms with Crippen LogP contribution in [0.15, 0.2) is 41.0 Å². The first-order valence-electron chi connectivity index (χ1n) is 6.01. The van der Waals surface area contributed by atoms with E-state index in [2.05, 4.69) is 25.9 Å². The molecule has 19 heavy (non-hydrogen) atoms. The smallest absolute Gasteiger partial charge is 0.160 e. The van der Waals surface area contributed by atoms with Gasteiger partial charge >= 0.3 is 0 Å². The molecule has 0 aliphatic heterocycles. The minimum absolute atomic E-state index is 0.208. The summed E-state index contributed by atoms with van der Waals surface area (Å²) in [5.74, 6) is 0.945. The molecule has 2 heterocycles. The molecule has 0 fully saturated rings. The molecular weight excluding hydrogens is 306 g/mol. The molecular formula is C14H12BrN3O. The third-order valence-electron chi connectivity index (χ3n) is 3.02. The van der Waals surface area contributed by atoms with Crippen molar-refractivity contribution in [2.24, 2.45) is 0 Å². The quantitative estimate of drug-likeness (QED) is 0.785. The highest BCUT2D eigenvalue weighted by atomic mass is 79.9. The first-order valence-corrected chi connectivity index (χ1v) is 6.80. The summed E-state index contributed by atoms with van der Waals surface area (Å²) in [7, 11) is 0. The van der Waals surface area contributed by atoms with Gasteiger partial charge in [-0.2, -0.15) is 0 Å². The molecule has 0 amide bonds. The lowest BCUT2D eigenvalue weighted by molar-refractivity contribution is 0.476. The number of halogens is 1. The summed E-state index contributed by atoms with van der Waals surface area (Å²) in [5.41, 5.74) is 2.38. The van der Waals surface area contributed by atoms with Crippen LogP contribution in [0, 0.1) is 0 Å². The molecule has 5 heteroatoms. The molecule has 2 aromatic heterocycles. The number of imidazole rings is 1. The summed E-state index contributed by atoms with van der Waals surface area (Å²) in [6.45, 7) is 2.79. The number of aromatic hydroxyl groups is 1. The van der Waals surface area contributed by atoms with E-state index >= 15 is 0 Å². The van der Waals surface area contributed by atoms with Crippen molar-refractivity contribution in [2.45, 2.75) is 13.5 Å². The van der Waals surface area contributed by atoms with Crippen molar-refractivity contribution in [1.29, 1.82) is 0 Å². The van der Waals surface area contributed by atoms with Crippen LogP contribution in [0.1, 0.15) is 6.92 Å². The highest BCUT2D eigenvalue weighted by Gasteiger charge is 2.15. The molecule has 0 aliphatic rings. The van der Waals surface area contributed by atoms with E-state index in [1.807, 2.05) is 35.8 Å². The van der Waals surface area contributed by atoms with Gasteiger partial charge in [-0.15, -0.1) is 0 Å². The first-order chi connectivity index (χ1) is 9.20. The second kappa shape index (κ2) is 4.66. The zero-order valence-corrected chi connectivity index (χ0v) is 11.9. The van der Waals surface area contributed by atoms with E-state index in [0.29, 0.717) is 5.56 Å². The van der Waals surface area contributed by atoms with Gasteiger partial charge in [-0.25, -0.2) is 9.97 Å². The Hall–Kier alpha value is -1.88. The van der Waals surface area contributed by atoms with Gasteiger partial charge in [0.1, 0.15) is 17.1 Å². The number of rotatable bonds is 2. The number of aromatic nitrogens is 3. The molecule has 4 nitrogen and oxygen atoms in total. The Labute approximate surface area is 118 Å². The Morgan fingerprint density at radius 1 is 1.32 bits per heavy atom. The average molecular weight is 318 g/mol. The van der Waals surface area contributed by atoms with Crippen LogP contribution in [0.3, 0.4) is 0 Å². The minimum Gasteiger partial charge on any atom is -0.507 e. The molecule has 0 bridgehead atoms. The summed E-state index contributed by atoms with van der Waals surface area (Å²) in [6.07, 6.45) is 1.75. The maximum absolute atomic E-state index is 10.1. The topological polar surface area (TPSA) is 50.9 Å². The third-order valence-corrected chi connectivity index (χ3v) is 3.51. The van der Waals surface area contributed by atoms with Crippen LogP contribution in [-0.4, -0.2) is 19.6 Å². The highest BCUT2D eigenvalue weighted by Crippen LogP contribution is 2.32. The molecule has 0 unspecified atom stereocenters. The Morgan fingerprint density at radius 2 is 2.16 bits per heavy atom. The van der Waals surface area contributed by atoms with Crippen LogP contribution >= 0.6 is 15.9 Å². The molecule has 0 saturated carbocycles. The Balaban J connectivity index is 2.30. The van der Waals surface area contributed by atoms with Gasteiger partial charge in [0.05, 0.1) is 5.56 Å². The van der Waals surface area contributed by atoms with Crippen molar-refractivity contribution in [2.75, 3.05) is 0 Å². The summed E-state index contributed by atoms with van der Waals surface area (Å²) < 4.78 is 2.84. The Morgan fingerprint density at radius 3 is 2.89 bits per heavy atom. The monoisotopic (exact) mass is 317 g/mol. The second-order valence-corrected chi connectivity index (χ2v) is 5.10. The number of phenols is 1. The Bertz CT molecular complexity index is 752. The fourth-order valence-electron chi connectivity index (χ4n) is 2.16. The number of pyridine rings is 1. The van der Waals surface area contributed by atoms with Crippen LogP contribution in [0.5, 0.6) is 5.75 Å². The zero-order valence-electron chi connectivity index (χ0n) is 10.3. The maximum atomic E-state index is 10.1. The zero-order chi connectivity index (χ0) is 13.4. The fraction of sp³-hybridized carbons (Fsp3) is 0.143. The lowest BCUT2D eigenvalue weighted by atomic mass is 10.2. The molecule has 1 N–H and O–H groups in total. The van der Waals surface area contributed by atoms with Gasteiger partial charge < -0.3 is 9.67 Å². The standard InChI is InChI=1S/C14H12BrN3O/c1-2-18-13(10-6-5-9(15)8-12(10)19)17-11-4-3-7-16-14(11)18/h3-8,19H,2H2,1H3. The average Bonchev–Trinajstić information content (AvgIpc) is 2.76. The highest BCUT2D eigenvalue weighted by molar-refractivity contribution is 9.10. The van der Waals surface area contributed by atoms with E-state index in [1.54, 1.807) is 12.3 Å². The van der Waals surface area contributed by atoms with Crippen LogP contribution in [-0.2, 0) is 6.54 Å². The van der Waals surface area contributed by atoms with Crippen LogP contribution in [0.25, 0.3) is 22.6 Å². The van der Waals surface area contributed by atoms with E-state index in [4.69, 9.17) is 0 Å². The molecule has 96 valence electrons. The van der Waals surface area contributed by atoms with E-state index in [1.165, 1.54) is 0 Å². The van der Waals surface area contributed by atoms with E-state index in [-0.39, 0.29) is 5.75 Å². The predicted octanol–water partition coefficient (Wildman–Crippen LogP) is 3.59. The largest absolute Gasteiger partial charge is 0.507 e. The van der Waals surface area contributed by atoms with Crippen molar-refractivity contribution in [3.05, 3.63) is 41.0 Å². The molecule has 0 aliphatic carbocycles. The number of benzene rings is 1. The lowest BCUT2D eigenvalue weighted by Gasteiger charge is -2.07. The van der Waals surface area contributed by atoms with Gasteiger partial charge in [-0.05, 0) is 37.3 Å². The normalized spacial score (nSPS) is 11.1. The van der Waals surface area contributed by atoms with Crippen molar-refractivity contribution >= 4 is 27.1 Å². The SMILES string of the molecule is CCn1c(-c2ccc(Br)cc2O)nc2cccnc21. The number of phenolic OH excluding ortho intramolecular Hbond substituents is 1. The molecule has 0 spiro atoms. The second-order valence-electron chi connectivity index (χ2n) is 4.19. The fourth-order valence-corrected chi connectivity index (χ4v) is 2.51. The molecule has 1 aromatic carbocycles. The summed E-state index contributed by atoms with van der Waals surface area (Å²) >= 11 is 3.34. The summed E-state index contributed by atoms with van der Waals surface area (Å²) in [5, 5.41) is 10.1. The van der Waals surface area contributed by atoms with Gasteiger partial charge in [-0.3, -0.25) is 0 Å². The van der Waals surface area contributed by atoms with Crippen LogP contribution < -0.4 is 0 Å². The first kappa shape index (κ1) is 12.2. The Kier molecular flexibility index (Phi) is 2.98. The van der Waals surface area contributed by atoms with Crippen molar-refractivity contribution in [3.8, 4) is 17.1 Å². The number of hydrogen-bond acceptors (Lipinski definition) is 3. The number of fused-ring (bicyclic) bond motifs is 1. The van der Waals surface area contributed by atoms with Gasteiger partial charge in [0, 0.05) is 17.2 Å². The molecule has 0 saturated heterocycles. The number of nitrogens with zero attached hydrogens (tertiary/aromatic N) is 3. The summed E-state index contributed by atoms with van der Waals surface area (Å²) in [4.78, 5) is 8.92. The van der Waals surface area contributed by atoms with Crippen molar-refractivity contribution in [3.63, 3.8) is 0 Å². The van der Waals surface area contributed by atoms with Gasteiger partial charge in [0.15, 0.2) is 5.65 Å². The van der Waals surface area contributed by atoms with E-state index in [0.717, 1.165) is 28.0 Å². The maximum Gasteiger partial charge on any atom is 0.160 e. The van der Waals surface area contributed by atoms with E-state index < -0.39 is 0 Å². The van der Waals surface area contributed by atoms with Gasteiger partial charge in [-0.1, -0.05) is 15.9 Å². The van der Waals surface area contributed by atoms with Gasteiger partial charge in [0.25, 0.3) is 0 Å².